The molecule has 2 aromatic heterocycles. The molecule has 3 aromatic rings. The summed E-state index contributed by atoms with van der Waals surface area (Å²) in [6.07, 6.45) is 2.22. The number of carbonyl (C=O) groups is 2. The Hall–Kier alpha value is -3.00. The molecule has 32 heavy (non-hydrogen) atoms. The predicted octanol–water partition coefficient (Wildman–Crippen LogP) is 3.91. The zero-order chi connectivity index (χ0) is 23.3. The number of rotatable bonds is 9. The van der Waals surface area contributed by atoms with Gasteiger partial charge in [0.05, 0.1) is 24.2 Å². The molecule has 0 aliphatic rings. The average molecular weight is 456 g/mol. The molecule has 1 atom stereocenters. The van der Waals surface area contributed by atoms with Crippen molar-refractivity contribution in [3.8, 4) is 0 Å². The number of amides is 1. The number of hydrogen-bond acceptors (Lipinski definition) is 6. The van der Waals surface area contributed by atoms with Gasteiger partial charge in [-0.2, -0.15) is 0 Å². The first kappa shape index (κ1) is 23.7. The third-order valence-corrected chi connectivity index (χ3v) is 6.44. The fourth-order valence-electron chi connectivity index (χ4n) is 3.53. The molecule has 7 nitrogen and oxygen atoms in total. The van der Waals surface area contributed by atoms with Crippen LogP contribution in [0.25, 0.3) is 10.2 Å². The maximum Gasteiger partial charge on any atom is 0.308 e. The lowest BCUT2D eigenvalue weighted by Gasteiger charge is -2.21. The molecule has 0 aliphatic carbocycles. The lowest BCUT2D eigenvalue weighted by Crippen LogP contribution is -2.33. The fourth-order valence-corrected chi connectivity index (χ4v) is 4.52. The molecule has 0 saturated carbocycles. The van der Waals surface area contributed by atoms with Crippen LogP contribution in [0.1, 0.15) is 48.7 Å². The Morgan fingerprint density at radius 1 is 1.19 bits per heavy atom. The van der Waals surface area contributed by atoms with Gasteiger partial charge < -0.3 is 10.1 Å². The van der Waals surface area contributed by atoms with E-state index in [2.05, 4.69) is 24.1 Å². The van der Waals surface area contributed by atoms with Gasteiger partial charge in [0, 0.05) is 11.4 Å². The minimum atomic E-state index is -0.537. The number of aryl methyl sites for hydroxylation is 3. The van der Waals surface area contributed by atoms with Gasteiger partial charge in [-0.1, -0.05) is 44.2 Å². The Balaban J connectivity index is 1.54. The Bertz CT molecular complexity index is 1150. The van der Waals surface area contributed by atoms with Crippen molar-refractivity contribution >= 4 is 33.4 Å². The highest BCUT2D eigenvalue weighted by Crippen LogP contribution is 2.25. The Morgan fingerprint density at radius 3 is 2.59 bits per heavy atom. The standard InChI is InChI=1S/C24H29N3O4S/c1-15(2)12-19(18-8-6-5-7-9-18)26-20(28)13-31-21(29)10-11-27-14-25-23-22(24(27)30)16(3)17(4)32-23/h5-9,14-15,19H,10-13H2,1-4H3,(H,26,28). The van der Waals surface area contributed by atoms with E-state index in [9.17, 15) is 14.4 Å². The summed E-state index contributed by atoms with van der Waals surface area (Å²) < 4.78 is 6.55. The van der Waals surface area contributed by atoms with Crippen LogP contribution >= 0.6 is 11.3 Å². The molecule has 1 N–H and O–H groups in total. The number of aromatic nitrogens is 2. The smallest absolute Gasteiger partial charge is 0.308 e. The summed E-state index contributed by atoms with van der Waals surface area (Å²) >= 11 is 1.48. The van der Waals surface area contributed by atoms with Crippen molar-refractivity contribution in [2.75, 3.05) is 6.61 Å². The summed E-state index contributed by atoms with van der Waals surface area (Å²) in [4.78, 5) is 43.3. The zero-order valence-corrected chi connectivity index (χ0v) is 19.7. The molecule has 3 rings (SSSR count). The zero-order valence-electron chi connectivity index (χ0n) is 18.9. The van der Waals surface area contributed by atoms with Crippen molar-refractivity contribution in [2.45, 2.75) is 53.1 Å². The molecule has 1 amide bonds. The molecule has 1 unspecified atom stereocenters. The second-order valence-electron chi connectivity index (χ2n) is 8.28. The van der Waals surface area contributed by atoms with Crippen molar-refractivity contribution in [3.63, 3.8) is 0 Å². The monoisotopic (exact) mass is 455 g/mol. The summed E-state index contributed by atoms with van der Waals surface area (Å²) in [5.74, 6) is -0.495. The van der Waals surface area contributed by atoms with E-state index in [0.29, 0.717) is 16.1 Å². The van der Waals surface area contributed by atoms with Crippen LogP contribution in [0.2, 0.25) is 0 Å². The first-order chi connectivity index (χ1) is 15.3. The van der Waals surface area contributed by atoms with Crippen LogP contribution in [0.4, 0.5) is 0 Å². The summed E-state index contributed by atoms with van der Waals surface area (Å²) in [6.45, 7) is 7.84. The maximum atomic E-state index is 12.7. The minimum absolute atomic E-state index is 0.0172. The highest BCUT2D eigenvalue weighted by Gasteiger charge is 2.18. The van der Waals surface area contributed by atoms with Gasteiger partial charge in [-0.15, -0.1) is 11.3 Å². The number of hydrogen-bond donors (Lipinski definition) is 1. The molecule has 2 heterocycles. The quantitative estimate of drug-likeness (QED) is 0.494. The van der Waals surface area contributed by atoms with E-state index in [1.54, 1.807) is 0 Å². The van der Waals surface area contributed by atoms with Crippen LogP contribution < -0.4 is 10.9 Å². The van der Waals surface area contributed by atoms with Crippen LogP contribution in [-0.4, -0.2) is 28.0 Å². The van der Waals surface area contributed by atoms with E-state index in [1.807, 2.05) is 44.2 Å². The Morgan fingerprint density at radius 2 is 1.91 bits per heavy atom. The van der Waals surface area contributed by atoms with Crippen molar-refractivity contribution < 1.29 is 14.3 Å². The van der Waals surface area contributed by atoms with Crippen LogP contribution in [0.3, 0.4) is 0 Å². The minimum Gasteiger partial charge on any atom is -0.456 e. The summed E-state index contributed by atoms with van der Waals surface area (Å²) in [5.41, 5.74) is 1.77. The van der Waals surface area contributed by atoms with Gasteiger partial charge in [0.25, 0.3) is 11.5 Å². The summed E-state index contributed by atoms with van der Waals surface area (Å²) in [6, 6.07) is 9.59. The van der Waals surface area contributed by atoms with Gasteiger partial charge in [0.1, 0.15) is 4.83 Å². The lowest BCUT2D eigenvalue weighted by atomic mass is 9.97. The Kier molecular flexibility index (Phi) is 7.80. The van der Waals surface area contributed by atoms with Crippen molar-refractivity contribution in [1.29, 1.82) is 0 Å². The molecule has 0 saturated heterocycles. The summed E-state index contributed by atoms with van der Waals surface area (Å²) in [7, 11) is 0. The first-order valence-electron chi connectivity index (χ1n) is 10.7. The van der Waals surface area contributed by atoms with E-state index in [1.165, 1.54) is 22.2 Å². The SMILES string of the molecule is Cc1sc2ncn(CCC(=O)OCC(=O)NC(CC(C)C)c3ccccc3)c(=O)c2c1C. The molecule has 0 bridgehead atoms. The topological polar surface area (TPSA) is 90.3 Å². The molecule has 8 heteroatoms. The van der Waals surface area contributed by atoms with Gasteiger partial charge in [-0.3, -0.25) is 19.0 Å². The largest absolute Gasteiger partial charge is 0.456 e. The molecule has 1 aromatic carbocycles. The second-order valence-corrected chi connectivity index (χ2v) is 9.48. The van der Waals surface area contributed by atoms with Gasteiger partial charge in [-0.25, -0.2) is 4.98 Å². The number of fused-ring (bicyclic) bond motifs is 1. The molecule has 0 aliphatic heterocycles. The number of thiophene rings is 1. The molecular weight excluding hydrogens is 426 g/mol. The van der Waals surface area contributed by atoms with E-state index in [0.717, 1.165) is 22.4 Å². The number of nitrogens with one attached hydrogen (secondary N) is 1. The normalized spacial score (nSPS) is 12.2. The third kappa shape index (κ3) is 5.82. The molecular formula is C24H29N3O4S. The molecule has 0 fully saturated rings. The lowest BCUT2D eigenvalue weighted by molar-refractivity contribution is -0.149. The van der Waals surface area contributed by atoms with Crippen molar-refractivity contribution in [3.05, 3.63) is 63.0 Å². The van der Waals surface area contributed by atoms with Crippen molar-refractivity contribution in [2.24, 2.45) is 5.92 Å². The van der Waals surface area contributed by atoms with Gasteiger partial charge in [0.2, 0.25) is 0 Å². The van der Waals surface area contributed by atoms with E-state index >= 15 is 0 Å². The third-order valence-electron chi connectivity index (χ3n) is 5.32. The van der Waals surface area contributed by atoms with E-state index < -0.39 is 5.97 Å². The van der Waals surface area contributed by atoms with Crippen LogP contribution in [0.15, 0.2) is 41.5 Å². The van der Waals surface area contributed by atoms with Gasteiger partial charge >= 0.3 is 5.97 Å². The maximum absolute atomic E-state index is 12.7. The van der Waals surface area contributed by atoms with Crippen LogP contribution in [0, 0.1) is 19.8 Å². The number of esters is 1. The fraction of sp³-hybridized carbons (Fsp3) is 0.417. The van der Waals surface area contributed by atoms with E-state index in [4.69, 9.17) is 4.74 Å². The number of ether oxygens (including phenoxy) is 1. The predicted molar refractivity (Wildman–Crippen MR) is 126 cm³/mol. The van der Waals surface area contributed by atoms with Crippen molar-refractivity contribution in [1.82, 2.24) is 14.9 Å². The molecule has 170 valence electrons. The highest BCUT2D eigenvalue weighted by molar-refractivity contribution is 7.18. The number of benzene rings is 1. The number of carbonyl (C=O) groups excluding carboxylic acids is 2. The summed E-state index contributed by atoms with van der Waals surface area (Å²) in [5, 5.41) is 3.55. The van der Waals surface area contributed by atoms with Crippen LogP contribution in [0.5, 0.6) is 0 Å². The first-order valence-corrected chi connectivity index (χ1v) is 11.5. The Labute approximate surface area is 191 Å². The van der Waals surface area contributed by atoms with Crippen LogP contribution in [-0.2, 0) is 20.9 Å². The molecule has 0 radical (unpaired) electrons. The van der Waals surface area contributed by atoms with Gasteiger partial charge in [-0.05, 0) is 37.3 Å². The second kappa shape index (κ2) is 10.5. The average Bonchev–Trinajstić information content (AvgIpc) is 3.06. The van der Waals surface area contributed by atoms with E-state index in [-0.39, 0.29) is 37.1 Å². The van der Waals surface area contributed by atoms with Gasteiger partial charge in [0.15, 0.2) is 6.61 Å². The number of nitrogens with zero attached hydrogens (tertiary/aromatic N) is 2. The molecule has 0 spiro atoms. The highest BCUT2D eigenvalue weighted by atomic mass is 32.1.